The van der Waals surface area contributed by atoms with E-state index in [9.17, 15) is 9.59 Å². The Hall–Kier alpha value is -2.40. The second-order valence-electron chi connectivity index (χ2n) is 19.9. The van der Waals surface area contributed by atoms with E-state index in [1.807, 2.05) is 0 Å². The lowest BCUT2D eigenvalue weighted by Gasteiger charge is -2.18. The second-order valence-corrected chi connectivity index (χ2v) is 19.9. The van der Waals surface area contributed by atoms with Gasteiger partial charge in [-0.2, -0.15) is 0 Å². The highest BCUT2D eigenvalue weighted by molar-refractivity contribution is 5.70. The molecule has 0 aliphatic carbocycles. The zero-order valence-electron chi connectivity index (χ0n) is 45.6. The zero-order valence-corrected chi connectivity index (χ0v) is 45.6. The van der Waals surface area contributed by atoms with Gasteiger partial charge in [-0.05, 0) is 57.8 Å². The van der Waals surface area contributed by atoms with Crippen LogP contribution in [-0.2, 0) is 23.8 Å². The average Bonchev–Trinajstić information content (AvgIpc) is 3.34. The van der Waals surface area contributed by atoms with E-state index in [-0.39, 0.29) is 25.2 Å². The van der Waals surface area contributed by atoms with Crippen LogP contribution in [0.1, 0.15) is 303 Å². The Labute approximate surface area is 424 Å². The van der Waals surface area contributed by atoms with Gasteiger partial charge < -0.3 is 14.2 Å². The molecule has 0 rings (SSSR count). The number of hydrogen-bond acceptors (Lipinski definition) is 5. The molecule has 68 heavy (non-hydrogen) atoms. The van der Waals surface area contributed by atoms with E-state index in [2.05, 4.69) is 81.5 Å². The fourth-order valence-corrected chi connectivity index (χ4v) is 8.59. The highest BCUT2D eigenvalue weighted by Crippen LogP contribution is 2.16. The minimum absolute atomic E-state index is 0.121. The van der Waals surface area contributed by atoms with Gasteiger partial charge in [0.25, 0.3) is 0 Å². The summed E-state index contributed by atoms with van der Waals surface area (Å²) in [6.45, 7) is 7.67. The smallest absolute Gasteiger partial charge is 0.306 e. The Morgan fingerprint density at radius 3 is 0.956 bits per heavy atom. The van der Waals surface area contributed by atoms with Crippen molar-refractivity contribution in [2.75, 3.05) is 19.8 Å². The predicted octanol–water partition coefficient (Wildman–Crippen LogP) is 20.5. The van der Waals surface area contributed by atoms with Crippen LogP contribution in [0.4, 0.5) is 0 Å². The lowest BCUT2D eigenvalue weighted by molar-refractivity contribution is -0.155. The topological polar surface area (TPSA) is 61.8 Å². The SMILES string of the molecule is CCCCC/C=C\C/C=C\C/C=C\C/C=C\C/C=C\CCC(=O)OC[C@H](COC(=O)CCCCCCCCCCCCCCCCCCC)OCCCCCCCCCCCCCCCCCC. The molecule has 0 amide bonds. The molecule has 0 fully saturated rings. The van der Waals surface area contributed by atoms with Crippen LogP contribution >= 0.6 is 0 Å². The first-order chi connectivity index (χ1) is 33.6. The van der Waals surface area contributed by atoms with Gasteiger partial charge in [0.2, 0.25) is 0 Å². The molecule has 5 nitrogen and oxygen atoms in total. The summed E-state index contributed by atoms with van der Waals surface area (Å²) < 4.78 is 17.5. The Balaban J connectivity index is 4.33. The maximum absolute atomic E-state index is 12.7. The highest BCUT2D eigenvalue weighted by Gasteiger charge is 2.16. The van der Waals surface area contributed by atoms with Crippen LogP contribution in [0.15, 0.2) is 60.8 Å². The van der Waals surface area contributed by atoms with Gasteiger partial charge in [0.05, 0.1) is 0 Å². The minimum atomic E-state index is -0.428. The number of ether oxygens (including phenoxy) is 3. The van der Waals surface area contributed by atoms with Crippen LogP contribution in [0, 0.1) is 0 Å². The van der Waals surface area contributed by atoms with Crippen molar-refractivity contribution in [1.29, 1.82) is 0 Å². The van der Waals surface area contributed by atoms with Crippen LogP contribution < -0.4 is 0 Å². The lowest BCUT2D eigenvalue weighted by Crippen LogP contribution is -2.29. The van der Waals surface area contributed by atoms with Gasteiger partial charge in [-0.25, -0.2) is 0 Å². The Morgan fingerprint density at radius 1 is 0.309 bits per heavy atom. The van der Waals surface area contributed by atoms with Gasteiger partial charge in [-0.3, -0.25) is 9.59 Å². The standard InChI is InChI=1S/C63H114O5/c1-4-7-10-13-16-19-22-25-28-31-32-34-36-39-42-45-48-51-54-57-63(65)68-60-61(66-58-55-52-49-46-43-40-37-30-27-24-21-18-15-12-9-6-3)59-67-62(64)56-53-50-47-44-41-38-35-33-29-26-23-20-17-14-11-8-5-2/h16,19,25,28,32,34,39,42,48,51,61H,4-15,17-18,20-24,26-27,29-31,33,35-38,40-41,43-47,49-50,52-60H2,1-3H3/b19-16-,28-25-,34-32-,42-39-,51-48-/t61-/m0/s1. The maximum Gasteiger partial charge on any atom is 0.306 e. The first-order valence-electron chi connectivity index (χ1n) is 29.8. The van der Waals surface area contributed by atoms with Gasteiger partial charge >= 0.3 is 11.9 Å². The molecule has 0 radical (unpaired) electrons. The molecule has 0 aromatic heterocycles. The van der Waals surface area contributed by atoms with Crippen LogP contribution in [0.3, 0.4) is 0 Å². The molecule has 0 bridgehead atoms. The first-order valence-corrected chi connectivity index (χ1v) is 29.8. The third-order valence-corrected chi connectivity index (χ3v) is 13.1. The molecule has 0 aromatic rings. The summed E-state index contributed by atoms with van der Waals surface area (Å²) in [5, 5.41) is 0. The number of unbranched alkanes of at least 4 members (excludes halogenated alkanes) is 34. The van der Waals surface area contributed by atoms with E-state index >= 15 is 0 Å². The predicted molar refractivity (Wildman–Crippen MR) is 298 cm³/mol. The molecule has 0 unspecified atom stereocenters. The van der Waals surface area contributed by atoms with E-state index in [0.717, 1.165) is 51.4 Å². The number of carbonyl (C=O) groups excluding carboxylic acids is 2. The zero-order chi connectivity index (χ0) is 49.2. The van der Waals surface area contributed by atoms with Crippen molar-refractivity contribution in [2.24, 2.45) is 0 Å². The first kappa shape index (κ1) is 65.6. The number of esters is 2. The monoisotopic (exact) mass is 951 g/mol. The number of hydrogen-bond donors (Lipinski definition) is 0. The fourth-order valence-electron chi connectivity index (χ4n) is 8.59. The molecule has 1 atom stereocenters. The summed E-state index contributed by atoms with van der Waals surface area (Å²) in [6, 6.07) is 0. The summed E-state index contributed by atoms with van der Waals surface area (Å²) in [5.74, 6) is -0.411. The Bertz CT molecular complexity index is 1170. The Kier molecular flexibility index (Phi) is 56.8. The van der Waals surface area contributed by atoms with Crippen molar-refractivity contribution in [3.63, 3.8) is 0 Å². The molecule has 0 N–H and O–H groups in total. The van der Waals surface area contributed by atoms with Crippen LogP contribution in [0.25, 0.3) is 0 Å². The normalized spacial score (nSPS) is 12.6. The molecule has 0 aliphatic heterocycles. The van der Waals surface area contributed by atoms with Crippen molar-refractivity contribution in [2.45, 2.75) is 309 Å². The van der Waals surface area contributed by atoms with Crippen molar-refractivity contribution in [3.05, 3.63) is 60.8 Å². The maximum atomic E-state index is 12.7. The van der Waals surface area contributed by atoms with E-state index < -0.39 is 6.10 Å². The van der Waals surface area contributed by atoms with E-state index in [4.69, 9.17) is 14.2 Å². The molecule has 0 saturated heterocycles. The molecular formula is C63H114O5. The number of carbonyl (C=O) groups is 2. The summed E-state index contributed by atoms with van der Waals surface area (Å²) in [4.78, 5) is 25.3. The lowest BCUT2D eigenvalue weighted by atomic mass is 10.0. The largest absolute Gasteiger partial charge is 0.463 e. The summed E-state index contributed by atoms with van der Waals surface area (Å²) >= 11 is 0. The van der Waals surface area contributed by atoms with Crippen LogP contribution in [0.2, 0.25) is 0 Å². The summed E-state index contributed by atoms with van der Waals surface area (Å²) in [7, 11) is 0. The van der Waals surface area contributed by atoms with Crippen molar-refractivity contribution in [3.8, 4) is 0 Å². The second kappa shape index (κ2) is 58.9. The quantitative estimate of drug-likeness (QED) is 0.0345. The van der Waals surface area contributed by atoms with E-state index in [1.165, 1.54) is 212 Å². The molecule has 0 spiro atoms. The van der Waals surface area contributed by atoms with Gasteiger partial charge in [-0.1, -0.05) is 293 Å². The van der Waals surface area contributed by atoms with Crippen molar-refractivity contribution >= 4 is 11.9 Å². The highest BCUT2D eigenvalue weighted by atomic mass is 16.6. The van der Waals surface area contributed by atoms with Gasteiger partial charge in [0.1, 0.15) is 19.3 Å². The molecule has 0 saturated carbocycles. The summed E-state index contributed by atoms with van der Waals surface area (Å²) in [6.07, 6.45) is 75.6. The third-order valence-electron chi connectivity index (χ3n) is 13.1. The van der Waals surface area contributed by atoms with Gasteiger partial charge in [0.15, 0.2) is 0 Å². The fraction of sp³-hybridized carbons (Fsp3) is 0.810. The minimum Gasteiger partial charge on any atom is -0.463 e. The molecule has 5 heteroatoms. The van der Waals surface area contributed by atoms with Gasteiger partial charge in [0, 0.05) is 19.4 Å². The van der Waals surface area contributed by atoms with Crippen LogP contribution in [0.5, 0.6) is 0 Å². The molecule has 0 aliphatic rings. The third kappa shape index (κ3) is 56.2. The van der Waals surface area contributed by atoms with E-state index in [1.54, 1.807) is 0 Å². The number of allylic oxidation sites excluding steroid dienone is 10. The molecule has 396 valence electrons. The Morgan fingerprint density at radius 2 is 0.588 bits per heavy atom. The molecule has 0 aromatic carbocycles. The van der Waals surface area contributed by atoms with E-state index in [0.29, 0.717) is 25.9 Å². The molecule has 0 heterocycles. The summed E-state index contributed by atoms with van der Waals surface area (Å²) in [5.41, 5.74) is 0. The van der Waals surface area contributed by atoms with Crippen LogP contribution in [-0.4, -0.2) is 37.9 Å². The van der Waals surface area contributed by atoms with Crippen molar-refractivity contribution < 1.29 is 23.8 Å². The van der Waals surface area contributed by atoms with Gasteiger partial charge in [-0.15, -0.1) is 0 Å². The number of rotatable bonds is 55. The average molecular weight is 952 g/mol. The van der Waals surface area contributed by atoms with Crippen molar-refractivity contribution in [1.82, 2.24) is 0 Å². The molecular weight excluding hydrogens is 837 g/mol.